The Kier molecular flexibility index (Phi) is 5.87. The van der Waals surface area contributed by atoms with Crippen molar-refractivity contribution in [2.45, 2.75) is 33.7 Å². The van der Waals surface area contributed by atoms with Crippen LogP contribution in [0.5, 0.6) is 11.5 Å². The van der Waals surface area contributed by atoms with E-state index < -0.39 is 0 Å². The highest BCUT2D eigenvalue weighted by molar-refractivity contribution is 5.94. The molecule has 3 aromatic rings. The second-order valence-corrected chi connectivity index (χ2v) is 6.92. The van der Waals surface area contributed by atoms with Gasteiger partial charge in [0.2, 0.25) is 0 Å². The fourth-order valence-electron chi connectivity index (χ4n) is 3.07. The fourth-order valence-corrected chi connectivity index (χ4v) is 3.07. The molecule has 1 amide bonds. The first kappa shape index (κ1) is 20.4. The molecule has 2 aromatic heterocycles. The molecule has 7 nitrogen and oxygen atoms in total. The van der Waals surface area contributed by atoms with Crippen LogP contribution < -0.4 is 14.8 Å². The van der Waals surface area contributed by atoms with Gasteiger partial charge >= 0.3 is 0 Å². The summed E-state index contributed by atoms with van der Waals surface area (Å²) in [4.78, 5) is 17.1. The summed E-state index contributed by atoms with van der Waals surface area (Å²) in [7, 11) is 3.18. The lowest BCUT2D eigenvalue weighted by Gasteiger charge is -2.16. The molecule has 0 aliphatic heterocycles. The normalized spacial score (nSPS) is 11.8. The van der Waals surface area contributed by atoms with Gasteiger partial charge in [-0.1, -0.05) is 6.07 Å². The Morgan fingerprint density at radius 2 is 1.79 bits per heavy atom. The number of pyridine rings is 1. The van der Waals surface area contributed by atoms with Crippen LogP contribution in [0.15, 0.2) is 36.5 Å². The summed E-state index contributed by atoms with van der Waals surface area (Å²) in [6, 6.07) is 8.93. The van der Waals surface area contributed by atoms with Crippen LogP contribution in [0.4, 0.5) is 0 Å². The molecular weight excluding hydrogens is 368 g/mol. The molecule has 2 heterocycles. The molecule has 0 radical (unpaired) electrons. The predicted octanol–water partition coefficient (Wildman–Crippen LogP) is 3.70. The highest BCUT2D eigenvalue weighted by Crippen LogP contribution is 2.30. The molecule has 152 valence electrons. The SMILES string of the molecule is COc1ccc([C@@H](C)NC(=O)c2ccc(-n3nc(C)c(C)c3C)nc2)cc1OC. The summed E-state index contributed by atoms with van der Waals surface area (Å²) < 4.78 is 12.4. The van der Waals surface area contributed by atoms with Crippen molar-refractivity contribution in [3.8, 4) is 17.3 Å². The summed E-state index contributed by atoms with van der Waals surface area (Å²) in [5, 5.41) is 7.49. The van der Waals surface area contributed by atoms with E-state index in [1.165, 1.54) is 0 Å². The third-order valence-electron chi connectivity index (χ3n) is 5.14. The largest absolute Gasteiger partial charge is 0.493 e. The van der Waals surface area contributed by atoms with E-state index in [2.05, 4.69) is 15.4 Å². The van der Waals surface area contributed by atoms with Gasteiger partial charge in [-0.15, -0.1) is 0 Å². The van der Waals surface area contributed by atoms with Crippen LogP contribution in [0.2, 0.25) is 0 Å². The Morgan fingerprint density at radius 3 is 2.34 bits per heavy atom. The van der Waals surface area contributed by atoms with E-state index in [1.807, 2.05) is 45.9 Å². The Bertz CT molecular complexity index is 1030. The van der Waals surface area contributed by atoms with E-state index >= 15 is 0 Å². The van der Waals surface area contributed by atoms with E-state index in [0.29, 0.717) is 22.9 Å². The van der Waals surface area contributed by atoms with Gasteiger partial charge in [-0.3, -0.25) is 4.79 Å². The molecule has 0 aliphatic carbocycles. The van der Waals surface area contributed by atoms with Gasteiger partial charge in [-0.2, -0.15) is 5.10 Å². The summed E-state index contributed by atoms with van der Waals surface area (Å²) in [6.07, 6.45) is 1.57. The van der Waals surface area contributed by atoms with Gasteiger partial charge in [0.1, 0.15) is 0 Å². The van der Waals surface area contributed by atoms with Gasteiger partial charge in [0, 0.05) is 11.9 Å². The Balaban J connectivity index is 1.74. The summed E-state index contributed by atoms with van der Waals surface area (Å²) in [5.41, 5.74) is 4.54. The van der Waals surface area contributed by atoms with Crippen molar-refractivity contribution in [2.24, 2.45) is 0 Å². The first-order chi connectivity index (χ1) is 13.8. The van der Waals surface area contributed by atoms with Crippen LogP contribution in [0, 0.1) is 20.8 Å². The van der Waals surface area contributed by atoms with E-state index in [4.69, 9.17) is 9.47 Å². The van der Waals surface area contributed by atoms with Crippen molar-refractivity contribution >= 4 is 5.91 Å². The van der Waals surface area contributed by atoms with Gasteiger partial charge in [0.15, 0.2) is 17.3 Å². The fraction of sp³-hybridized carbons (Fsp3) is 0.318. The molecule has 0 unspecified atom stereocenters. The molecule has 7 heteroatoms. The number of methoxy groups -OCH3 is 2. The number of carbonyl (C=O) groups is 1. The molecule has 1 N–H and O–H groups in total. The van der Waals surface area contributed by atoms with Gasteiger partial charge < -0.3 is 14.8 Å². The average molecular weight is 394 g/mol. The van der Waals surface area contributed by atoms with Crippen LogP contribution in [0.3, 0.4) is 0 Å². The molecule has 0 fully saturated rings. The molecule has 1 aromatic carbocycles. The number of hydrogen-bond acceptors (Lipinski definition) is 5. The molecular formula is C22H26N4O3. The van der Waals surface area contributed by atoms with Crippen molar-refractivity contribution in [1.82, 2.24) is 20.1 Å². The molecule has 29 heavy (non-hydrogen) atoms. The minimum Gasteiger partial charge on any atom is -0.493 e. The second-order valence-electron chi connectivity index (χ2n) is 6.92. The van der Waals surface area contributed by atoms with Crippen molar-refractivity contribution in [3.63, 3.8) is 0 Å². The summed E-state index contributed by atoms with van der Waals surface area (Å²) in [6.45, 7) is 7.92. The van der Waals surface area contributed by atoms with Crippen molar-refractivity contribution < 1.29 is 14.3 Å². The van der Waals surface area contributed by atoms with Gasteiger partial charge in [-0.25, -0.2) is 9.67 Å². The number of aryl methyl sites for hydroxylation is 1. The molecule has 0 aliphatic rings. The number of nitrogens with one attached hydrogen (secondary N) is 1. The number of carbonyl (C=O) groups excluding carboxylic acids is 1. The highest BCUT2D eigenvalue weighted by atomic mass is 16.5. The Hall–Kier alpha value is -3.35. The minimum atomic E-state index is -0.208. The van der Waals surface area contributed by atoms with Crippen molar-refractivity contribution in [1.29, 1.82) is 0 Å². The zero-order valence-electron chi connectivity index (χ0n) is 17.6. The molecule has 0 bridgehead atoms. The van der Waals surface area contributed by atoms with E-state index in [0.717, 1.165) is 22.5 Å². The topological polar surface area (TPSA) is 78.3 Å². The van der Waals surface area contributed by atoms with Crippen LogP contribution >= 0.6 is 0 Å². The third kappa shape index (κ3) is 4.08. The monoisotopic (exact) mass is 394 g/mol. The quantitative estimate of drug-likeness (QED) is 0.690. The Labute approximate surface area is 170 Å². The lowest BCUT2D eigenvalue weighted by molar-refractivity contribution is 0.0939. The standard InChI is InChI=1S/C22H26N4O3/c1-13-14(2)25-26(16(13)4)21-10-8-18(12-23-21)22(27)24-15(3)17-7-9-19(28-5)20(11-17)29-6/h7-12,15H,1-6H3,(H,24,27)/t15-/m1/s1. The third-order valence-corrected chi connectivity index (χ3v) is 5.14. The molecule has 0 saturated heterocycles. The molecule has 3 rings (SSSR count). The van der Waals surface area contributed by atoms with Gasteiger partial charge in [0.05, 0.1) is 31.5 Å². The number of aromatic nitrogens is 3. The predicted molar refractivity (Wildman–Crippen MR) is 111 cm³/mol. The highest BCUT2D eigenvalue weighted by Gasteiger charge is 2.15. The molecule has 1 atom stereocenters. The maximum Gasteiger partial charge on any atom is 0.253 e. The lowest BCUT2D eigenvalue weighted by atomic mass is 10.1. The maximum atomic E-state index is 12.6. The molecule has 0 saturated carbocycles. The summed E-state index contributed by atoms with van der Waals surface area (Å²) >= 11 is 0. The Morgan fingerprint density at radius 1 is 1.07 bits per heavy atom. The van der Waals surface area contributed by atoms with Crippen LogP contribution in [0.1, 0.15) is 45.8 Å². The van der Waals surface area contributed by atoms with E-state index in [1.54, 1.807) is 37.2 Å². The average Bonchev–Trinajstić information content (AvgIpc) is 3.00. The van der Waals surface area contributed by atoms with Crippen LogP contribution in [0.25, 0.3) is 5.82 Å². The first-order valence-electron chi connectivity index (χ1n) is 9.37. The number of benzene rings is 1. The zero-order chi connectivity index (χ0) is 21.1. The second kappa shape index (κ2) is 8.34. The number of ether oxygens (including phenoxy) is 2. The lowest BCUT2D eigenvalue weighted by Crippen LogP contribution is -2.26. The number of nitrogens with zero attached hydrogens (tertiary/aromatic N) is 3. The number of hydrogen-bond donors (Lipinski definition) is 1. The van der Waals surface area contributed by atoms with Gasteiger partial charge in [0.25, 0.3) is 5.91 Å². The maximum absolute atomic E-state index is 12.6. The van der Waals surface area contributed by atoms with Crippen LogP contribution in [-0.2, 0) is 0 Å². The smallest absolute Gasteiger partial charge is 0.253 e. The van der Waals surface area contributed by atoms with E-state index in [-0.39, 0.29) is 11.9 Å². The molecule has 0 spiro atoms. The van der Waals surface area contributed by atoms with Gasteiger partial charge in [-0.05, 0) is 63.1 Å². The first-order valence-corrected chi connectivity index (χ1v) is 9.37. The number of amides is 1. The van der Waals surface area contributed by atoms with Crippen LogP contribution in [-0.4, -0.2) is 34.9 Å². The minimum absolute atomic E-state index is 0.198. The zero-order valence-corrected chi connectivity index (χ0v) is 17.6. The van der Waals surface area contributed by atoms with E-state index in [9.17, 15) is 4.79 Å². The van der Waals surface area contributed by atoms with Crippen molar-refractivity contribution in [3.05, 3.63) is 64.6 Å². The number of rotatable bonds is 6. The van der Waals surface area contributed by atoms with Crippen molar-refractivity contribution in [2.75, 3.05) is 14.2 Å². The summed E-state index contributed by atoms with van der Waals surface area (Å²) in [5.74, 6) is 1.75.